The molecule has 1 aromatic heterocycles. The maximum absolute atomic E-state index is 13.4. The largest absolute Gasteiger partial charge is 0.469 e. The highest BCUT2D eigenvalue weighted by atomic mass is 35.5. The number of hydrogen-bond acceptors (Lipinski definition) is 6. The molecule has 2 amide bonds. The summed E-state index contributed by atoms with van der Waals surface area (Å²) in [5.74, 6) is 0.295. The minimum Gasteiger partial charge on any atom is -0.469 e. The van der Waals surface area contributed by atoms with Crippen LogP contribution in [0.2, 0.25) is 5.15 Å². The first-order chi connectivity index (χ1) is 18.9. The van der Waals surface area contributed by atoms with E-state index in [0.717, 1.165) is 24.0 Å². The van der Waals surface area contributed by atoms with Gasteiger partial charge in [-0.05, 0) is 66.5 Å². The van der Waals surface area contributed by atoms with Gasteiger partial charge in [-0.3, -0.25) is 14.4 Å². The van der Waals surface area contributed by atoms with Gasteiger partial charge in [-0.25, -0.2) is 4.98 Å². The number of ether oxygens (including phenoxy) is 1. The number of esters is 1. The summed E-state index contributed by atoms with van der Waals surface area (Å²) in [6, 6.07) is 10.6. The average molecular weight is 550 g/mol. The number of aromatic amines is 1. The van der Waals surface area contributed by atoms with Crippen LogP contribution < -0.4 is 16.4 Å². The molecule has 0 radical (unpaired) electrons. The van der Waals surface area contributed by atoms with Crippen molar-refractivity contribution < 1.29 is 19.1 Å². The van der Waals surface area contributed by atoms with Gasteiger partial charge in [0.05, 0.1) is 25.3 Å². The molecule has 0 saturated heterocycles. The van der Waals surface area contributed by atoms with Crippen LogP contribution in [0.25, 0.3) is 11.3 Å². The monoisotopic (exact) mass is 549 g/mol. The van der Waals surface area contributed by atoms with Gasteiger partial charge >= 0.3 is 5.97 Å². The van der Waals surface area contributed by atoms with Crippen LogP contribution >= 0.6 is 11.6 Å². The number of H-pyrrole nitrogens is 1. The average Bonchev–Trinajstić information content (AvgIpc) is 3.71. The van der Waals surface area contributed by atoms with Crippen molar-refractivity contribution in [3.05, 3.63) is 69.6 Å². The molecular formula is C29H32ClN5O4. The molecule has 2 bridgehead atoms. The third kappa shape index (κ3) is 6.15. The van der Waals surface area contributed by atoms with Gasteiger partial charge in [0, 0.05) is 24.1 Å². The number of carbonyl (C=O) groups is 3. The summed E-state index contributed by atoms with van der Waals surface area (Å²) in [4.78, 5) is 45.8. The number of halogens is 1. The Morgan fingerprint density at radius 2 is 1.97 bits per heavy atom. The molecule has 39 heavy (non-hydrogen) atoms. The van der Waals surface area contributed by atoms with Crippen molar-refractivity contribution in [2.75, 3.05) is 12.4 Å². The van der Waals surface area contributed by atoms with E-state index in [-0.39, 0.29) is 24.2 Å². The lowest BCUT2D eigenvalue weighted by Gasteiger charge is -2.18. The molecule has 1 saturated carbocycles. The number of nitrogens with two attached hydrogens (primary N) is 1. The van der Waals surface area contributed by atoms with Gasteiger partial charge in [0.25, 0.3) is 5.91 Å². The molecule has 0 unspecified atom stereocenters. The Balaban J connectivity index is 1.45. The van der Waals surface area contributed by atoms with Crippen molar-refractivity contribution in [3.63, 3.8) is 0 Å². The summed E-state index contributed by atoms with van der Waals surface area (Å²) < 4.78 is 4.78. The van der Waals surface area contributed by atoms with E-state index in [2.05, 4.69) is 15.6 Å². The van der Waals surface area contributed by atoms with E-state index in [0.29, 0.717) is 77.2 Å². The number of anilines is 1. The first-order valence-corrected chi connectivity index (χ1v) is 13.6. The quantitative estimate of drug-likeness (QED) is 0.327. The van der Waals surface area contributed by atoms with Crippen molar-refractivity contribution in [1.29, 1.82) is 0 Å². The van der Waals surface area contributed by atoms with E-state index in [4.69, 9.17) is 27.1 Å². The highest BCUT2D eigenvalue weighted by Crippen LogP contribution is 2.42. The number of nitrogens with zero attached hydrogens (tertiary/aromatic N) is 1. The third-order valence-electron chi connectivity index (χ3n) is 7.29. The highest BCUT2D eigenvalue weighted by molar-refractivity contribution is 6.32. The first kappa shape index (κ1) is 26.9. The van der Waals surface area contributed by atoms with E-state index < -0.39 is 6.04 Å². The number of amides is 2. The van der Waals surface area contributed by atoms with Gasteiger partial charge in [0.1, 0.15) is 16.7 Å². The summed E-state index contributed by atoms with van der Waals surface area (Å²) in [6.07, 6.45) is 4.54. The van der Waals surface area contributed by atoms with Crippen LogP contribution in [0, 0.1) is 0 Å². The summed E-state index contributed by atoms with van der Waals surface area (Å²) >= 11 is 6.61. The molecule has 5 N–H and O–H groups in total. The highest BCUT2D eigenvalue weighted by Gasteiger charge is 2.28. The molecule has 204 valence electrons. The van der Waals surface area contributed by atoms with E-state index >= 15 is 0 Å². The topological polar surface area (TPSA) is 139 Å². The lowest BCUT2D eigenvalue weighted by Crippen LogP contribution is -2.29. The van der Waals surface area contributed by atoms with Crippen molar-refractivity contribution in [2.45, 2.75) is 63.5 Å². The molecule has 1 aliphatic heterocycles. The van der Waals surface area contributed by atoms with Crippen LogP contribution in [0.3, 0.4) is 0 Å². The molecule has 5 rings (SSSR count). The molecule has 1 fully saturated rings. The molecule has 0 spiro atoms. The molecule has 9 nitrogen and oxygen atoms in total. The molecule has 2 aromatic carbocycles. The van der Waals surface area contributed by atoms with Crippen LogP contribution in [-0.2, 0) is 27.3 Å². The second kappa shape index (κ2) is 11.6. The molecular weight excluding hydrogens is 518 g/mol. The van der Waals surface area contributed by atoms with E-state index in [1.165, 1.54) is 7.11 Å². The predicted molar refractivity (Wildman–Crippen MR) is 148 cm³/mol. The molecule has 1 atom stereocenters. The third-order valence-corrected chi connectivity index (χ3v) is 7.57. The molecule has 3 aromatic rings. The molecule has 10 heteroatoms. The Hall–Kier alpha value is -3.69. The van der Waals surface area contributed by atoms with Crippen molar-refractivity contribution in [3.8, 4) is 11.3 Å². The zero-order chi connectivity index (χ0) is 27.5. The lowest BCUT2D eigenvalue weighted by atomic mass is 9.99. The van der Waals surface area contributed by atoms with Crippen LogP contribution in [0.4, 0.5) is 5.69 Å². The summed E-state index contributed by atoms with van der Waals surface area (Å²) in [5, 5.41) is 6.37. The normalized spacial score (nSPS) is 17.3. The molecule has 2 heterocycles. The fourth-order valence-electron chi connectivity index (χ4n) is 5.02. The number of carbonyl (C=O) groups excluding carboxylic acids is 3. The zero-order valence-electron chi connectivity index (χ0n) is 21.8. The maximum atomic E-state index is 13.4. The first-order valence-electron chi connectivity index (χ1n) is 13.3. The van der Waals surface area contributed by atoms with Crippen LogP contribution in [0.15, 0.2) is 36.4 Å². The van der Waals surface area contributed by atoms with Gasteiger partial charge in [0.2, 0.25) is 5.91 Å². The summed E-state index contributed by atoms with van der Waals surface area (Å²) in [5.41, 5.74) is 11.0. The Morgan fingerprint density at radius 1 is 1.15 bits per heavy atom. The van der Waals surface area contributed by atoms with Gasteiger partial charge < -0.3 is 26.1 Å². The van der Waals surface area contributed by atoms with Gasteiger partial charge in [-0.2, -0.15) is 0 Å². The number of methoxy groups -OCH3 is 1. The maximum Gasteiger partial charge on any atom is 0.309 e. The Kier molecular flexibility index (Phi) is 7.99. The van der Waals surface area contributed by atoms with Crippen LogP contribution in [0.1, 0.15) is 83.4 Å². The van der Waals surface area contributed by atoms with E-state index in [9.17, 15) is 14.4 Å². The Labute approximate surface area is 231 Å². The number of hydrogen-bond donors (Lipinski definition) is 4. The van der Waals surface area contributed by atoms with Crippen LogP contribution in [-0.4, -0.2) is 34.9 Å². The minimum atomic E-state index is -0.424. The van der Waals surface area contributed by atoms with Gasteiger partial charge in [0.15, 0.2) is 0 Å². The lowest BCUT2D eigenvalue weighted by molar-refractivity contribution is -0.139. The fraction of sp³-hybridized carbons (Fsp3) is 0.379. The number of rotatable bonds is 6. The predicted octanol–water partition coefficient (Wildman–Crippen LogP) is 4.77. The summed E-state index contributed by atoms with van der Waals surface area (Å²) in [6.45, 7) is 0.448. The van der Waals surface area contributed by atoms with Crippen molar-refractivity contribution in [1.82, 2.24) is 15.3 Å². The van der Waals surface area contributed by atoms with Gasteiger partial charge in [-0.15, -0.1) is 0 Å². The number of aromatic nitrogens is 2. The van der Waals surface area contributed by atoms with E-state index in [1.807, 2.05) is 18.2 Å². The number of benzene rings is 2. The number of imidazole rings is 1. The smallest absolute Gasteiger partial charge is 0.309 e. The minimum absolute atomic E-state index is 0.0715. The second-order valence-corrected chi connectivity index (χ2v) is 10.5. The molecule has 1 aliphatic carbocycles. The number of nitrogens with one attached hydrogen (secondary N) is 3. The Morgan fingerprint density at radius 3 is 2.72 bits per heavy atom. The summed E-state index contributed by atoms with van der Waals surface area (Å²) in [7, 11) is 1.33. The SMILES string of the molecule is COC(=O)Cc1ccc2c(c1)NC(=O)CCCC[C@H](NC(=O)c1ccc(CN)c(C3CC3)c1)c1nc-2c(Cl)[nH]1. The molecule has 2 aliphatic rings. The van der Waals surface area contributed by atoms with Crippen molar-refractivity contribution >= 4 is 35.1 Å². The number of fused-ring (bicyclic) bond motifs is 4. The van der Waals surface area contributed by atoms with E-state index in [1.54, 1.807) is 18.2 Å². The van der Waals surface area contributed by atoms with Crippen LogP contribution in [0.5, 0.6) is 0 Å². The fourth-order valence-corrected chi connectivity index (χ4v) is 5.27. The standard InChI is InChI=1S/C29H32ClN5O4/c1-39-25(37)13-16-6-11-20-23(12-16)32-24(36)5-3-2-4-22(28-34-26(20)27(30)35-28)33-29(38)18-9-10-19(15-31)21(14-18)17-7-8-17/h6,9-12,14,17,22H,2-5,7-8,13,15,31H2,1H3,(H,32,36)(H,33,38)(H,34,35)/t22-/m0/s1. The zero-order valence-corrected chi connectivity index (χ0v) is 22.6. The Bertz CT molecular complexity index is 1410. The van der Waals surface area contributed by atoms with Crippen molar-refractivity contribution in [2.24, 2.45) is 5.73 Å². The second-order valence-electron chi connectivity index (χ2n) is 10.1. The van der Waals surface area contributed by atoms with Gasteiger partial charge in [-0.1, -0.05) is 36.2 Å².